The van der Waals surface area contributed by atoms with E-state index < -0.39 is 5.41 Å². The number of quaternary nitrogens is 1. The Morgan fingerprint density at radius 3 is 2.45 bits per heavy atom. The van der Waals surface area contributed by atoms with Crippen molar-refractivity contribution in [2.24, 2.45) is 12.5 Å². The molecule has 0 spiro atoms. The van der Waals surface area contributed by atoms with Crippen LogP contribution in [0.4, 0.5) is 5.69 Å². The predicted molar refractivity (Wildman–Crippen MR) is 142 cm³/mol. The summed E-state index contributed by atoms with van der Waals surface area (Å²) in [6, 6.07) is 19.3. The lowest BCUT2D eigenvalue weighted by atomic mass is 9.90. The highest BCUT2D eigenvalue weighted by atomic mass is 32.2. The molecule has 0 saturated carbocycles. The Morgan fingerprint density at radius 2 is 1.76 bits per heavy atom. The van der Waals surface area contributed by atoms with E-state index in [0.717, 1.165) is 6.54 Å². The van der Waals surface area contributed by atoms with Crippen LogP contribution in [0, 0.1) is 5.41 Å². The van der Waals surface area contributed by atoms with Gasteiger partial charge in [0.25, 0.3) is 0 Å². The zero-order valence-electron chi connectivity index (χ0n) is 21.0. The molecule has 3 aromatic rings. The lowest BCUT2D eigenvalue weighted by Crippen LogP contribution is -2.54. The molecule has 174 valence electrons. The minimum atomic E-state index is -0.507. The molecule has 1 aromatic heterocycles. The number of nitrogens with zero attached hydrogens (tertiary/aromatic N) is 2. The summed E-state index contributed by atoms with van der Waals surface area (Å²) >= 11 is 1.83. The summed E-state index contributed by atoms with van der Waals surface area (Å²) in [6.45, 7) is 11.9. The molecule has 4 nitrogen and oxygen atoms in total. The van der Waals surface area contributed by atoms with Crippen LogP contribution < -0.4 is 14.4 Å². The fraction of sp³-hybridized carbons (Fsp3) is 0.357. The summed E-state index contributed by atoms with van der Waals surface area (Å²) in [6.07, 6.45) is 4.45. The summed E-state index contributed by atoms with van der Waals surface area (Å²) < 4.78 is 2.83. The minimum absolute atomic E-state index is 0.0735. The summed E-state index contributed by atoms with van der Waals surface area (Å²) in [5.41, 5.74) is 3.19. The maximum Gasteiger partial charge on any atom is 0.231 e. The first kappa shape index (κ1) is 25.0. The van der Waals surface area contributed by atoms with Crippen molar-refractivity contribution in [3.05, 3.63) is 71.4 Å². The lowest BCUT2D eigenvalue weighted by Gasteiger charge is -2.39. The van der Waals surface area contributed by atoms with Gasteiger partial charge in [0, 0.05) is 36.9 Å². The SMILES string of the molecule is CC.CC[N+]1(CC(C)(C)C(=O)NC)/C(=C/c2cc[n+](C)c3ccccc23)Sc2ccccc21. The van der Waals surface area contributed by atoms with Gasteiger partial charge in [-0.1, -0.05) is 38.1 Å². The van der Waals surface area contributed by atoms with Crippen molar-refractivity contribution in [1.29, 1.82) is 0 Å². The molecule has 1 aliphatic rings. The maximum atomic E-state index is 12.7. The molecule has 0 radical (unpaired) electrons. The number of thioether (sulfide) groups is 1. The van der Waals surface area contributed by atoms with Crippen molar-refractivity contribution in [3.8, 4) is 0 Å². The Bertz CT molecular complexity index is 1180. The van der Waals surface area contributed by atoms with E-state index in [0.29, 0.717) is 11.0 Å². The fourth-order valence-electron chi connectivity index (χ4n) is 4.70. The van der Waals surface area contributed by atoms with Gasteiger partial charge in [0.2, 0.25) is 11.4 Å². The lowest BCUT2D eigenvalue weighted by molar-refractivity contribution is -0.644. The summed E-state index contributed by atoms with van der Waals surface area (Å²) in [5.74, 6) is 0.0735. The minimum Gasteiger partial charge on any atom is -0.359 e. The van der Waals surface area contributed by atoms with E-state index in [1.54, 1.807) is 7.05 Å². The molecule has 0 fully saturated rings. The largest absolute Gasteiger partial charge is 0.359 e. The number of pyridine rings is 1. The summed E-state index contributed by atoms with van der Waals surface area (Å²) in [7, 11) is 3.80. The van der Waals surface area contributed by atoms with Gasteiger partial charge in [-0.15, -0.1) is 0 Å². The van der Waals surface area contributed by atoms with Crippen LogP contribution in [-0.4, -0.2) is 26.0 Å². The Hall–Kier alpha value is -2.63. The molecule has 0 bridgehead atoms. The number of rotatable bonds is 5. The molecule has 2 aromatic carbocycles. The predicted octanol–water partition coefficient (Wildman–Crippen LogP) is 5.89. The van der Waals surface area contributed by atoms with E-state index in [1.165, 1.54) is 32.1 Å². The number of benzene rings is 2. The van der Waals surface area contributed by atoms with Crippen molar-refractivity contribution in [3.63, 3.8) is 0 Å². The molecule has 0 saturated heterocycles. The molecule has 1 atom stereocenters. The Morgan fingerprint density at radius 1 is 1.09 bits per heavy atom. The van der Waals surface area contributed by atoms with Gasteiger partial charge in [0.05, 0.1) is 22.2 Å². The topological polar surface area (TPSA) is 33.0 Å². The number of hydrogen-bond donors (Lipinski definition) is 1. The van der Waals surface area contributed by atoms with Crippen LogP contribution in [-0.2, 0) is 11.8 Å². The number of aromatic nitrogens is 1. The van der Waals surface area contributed by atoms with Gasteiger partial charge in [-0.2, -0.15) is 0 Å². The fourth-order valence-corrected chi connectivity index (χ4v) is 6.07. The van der Waals surface area contributed by atoms with Crippen LogP contribution >= 0.6 is 11.8 Å². The van der Waals surface area contributed by atoms with Gasteiger partial charge in [-0.25, -0.2) is 4.57 Å². The second-order valence-electron chi connectivity index (χ2n) is 8.86. The maximum absolute atomic E-state index is 12.7. The van der Waals surface area contributed by atoms with E-state index in [9.17, 15) is 4.79 Å². The smallest absolute Gasteiger partial charge is 0.231 e. The normalized spacial score (nSPS) is 18.6. The summed E-state index contributed by atoms with van der Waals surface area (Å²) in [5, 5.41) is 5.36. The van der Waals surface area contributed by atoms with Gasteiger partial charge in [-0.05, 0) is 44.7 Å². The van der Waals surface area contributed by atoms with E-state index >= 15 is 0 Å². The first-order chi connectivity index (χ1) is 15.8. The van der Waals surface area contributed by atoms with Gasteiger partial charge < -0.3 is 5.32 Å². The Kier molecular flexibility index (Phi) is 7.65. The van der Waals surface area contributed by atoms with E-state index in [4.69, 9.17) is 0 Å². The molecule has 1 aliphatic heterocycles. The molecule has 1 unspecified atom stereocenters. The second kappa shape index (κ2) is 10.1. The molecule has 0 aliphatic carbocycles. The van der Waals surface area contributed by atoms with Crippen LogP contribution in [0.25, 0.3) is 17.0 Å². The quantitative estimate of drug-likeness (QED) is 0.378. The van der Waals surface area contributed by atoms with Crippen LogP contribution in [0.1, 0.15) is 40.2 Å². The van der Waals surface area contributed by atoms with E-state index in [2.05, 4.69) is 90.7 Å². The number of carbonyl (C=O) groups is 1. The van der Waals surface area contributed by atoms with E-state index in [-0.39, 0.29) is 5.91 Å². The molecule has 5 heteroatoms. The van der Waals surface area contributed by atoms with Crippen molar-refractivity contribution >= 4 is 40.3 Å². The average Bonchev–Trinajstić information content (AvgIpc) is 3.14. The third kappa shape index (κ3) is 4.57. The Labute approximate surface area is 202 Å². The van der Waals surface area contributed by atoms with Gasteiger partial charge in [-0.3, -0.25) is 9.28 Å². The molecular formula is C28H37N3OS+2. The number of fused-ring (bicyclic) bond motifs is 2. The van der Waals surface area contributed by atoms with Gasteiger partial charge >= 0.3 is 0 Å². The molecule has 33 heavy (non-hydrogen) atoms. The van der Waals surface area contributed by atoms with Gasteiger partial charge in [0.1, 0.15) is 13.6 Å². The highest BCUT2D eigenvalue weighted by molar-refractivity contribution is 8.03. The monoisotopic (exact) mass is 463 g/mol. The van der Waals surface area contributed by atoms with Crippen LogP contribution in [0.2, 0.25) is 0 Å². The number of carbonyl (C=O) groups excluding carboxylic acids is 1. The van der Waals surface area contributed by atoms with Crippen LogP contribution in [0.15, 0.2) is 70.7 Å². The third-order valence-corrected chi connectivity index (χ3v) is 7.60. The van der Waals surface area contributed by atoms with Crippen molar-refractivity contribution in [1.82, 2.24) is 9.80 Å². The first-order valence-electron chi connectivity index (χ1n) is 11.8. The number of para-hydroxylation sites is 2. The zero-order chi connectivity index (χ0) is 24.2. The number of nitrogens with one attached hydrogen (secondary N) is 1. The van der Waals surface area contributed by atoms with E-state index in [1.807, 2.05) is 39.5 Å². The van der Waals surface area contributed by atoms with Crippen LogP contribution in [0.3, 0.4) is 0 Å². The molecule has 4 rings (SSSR count). The second-order valence-corrected chi connectivity index (χ2v) is 9.92. The molecule has 1 N–H and O–H groups in total. The van der Waals surface area contributed by atoms with Gasteiger partial charge in [0.15, 0.2) is 16.9 Å². The molecule has 1 amide bonds. The standard InChI is InChI=1S/C26H30N3OS.C2H6/c1-6-29(18-26(2,3)25(30)27-4)22-13-9-10-14-23(22)31-24(29)17-19-15-16-28(5)21-12-8-7-11-20(19)21;1-2/h7-17H,6,18H2,1-5H3;1-2H3/q+1;/p+1/b24-17-;. The zero-order valence-corrected chi connectivity index (χ0v) is 21.8. The van der Waals surface area contributed by atoms with Crippen molar-refractivity contribution in [2.45, 2.75) is 39.5 Å². The number of hydrogen-bond acceptors (Lipinski definition) is 2. The van der Waals surface area contributed by atoms with Crippen molar-refractivity contribution < 1.29 is 9.36 Å². The van der Waals surface area contributed by atoms with Crippen LogP contribution in [0.5, 0.6) is 0 Å². The highest BCUT2D eigenvalue weighted by Crippen LogP contribution is 2.53. The average molecular weight is 464 g/mol. The molecular weight excluding hydrogens is 426 g/mol. The highest BCUT2D eigenvalue weighted by Gasteiger charge is 2.48. The van der Waals surface area contributed by atoms with Crippen molar-refractivity contribution in [2.75, 3.05) is 20.1 Å². The third-order valence-electron chi connectivity index (χ3n) is 6.36. The number of amides is 1. The Balaban J connectivity index is 0.00000149. The molecule has 2 heterocycles. The summed E-state index contributed by atoms with van der Waals surface area (Å²) in [4.78, 5) is 14.0. The first-order valence-corrected chi connectivity index (χ1v) is 12.6. The number of aryl methyl sites for hydroxylation is 1.